The zero-order valence-corrected chi connectivity index (χ0v) is 14.1. The molecular weight excluding hydrogens is 270 g/mol. The molecule has 1 aliphatic carbocycles. The van der Waals surface area contributed by atoms with Crippen LogP contribution in [0.15, 0.2) is 41.1 Å². The summed E-state index contributed by atoms with van der Waals surface area (Å²) in [5.41, 5.74) is 6.76. The van der Waals surface area contributed by atoms with Gasteiger partial charge in [-0.2, -0.15) is 0 Å². The van der Waals surface area contributed by atoms with Gasteiger partial charge in [-0.1, -0.05) is 38.2 Å². The Hall–Kier alpha value is -1.35. The summed E-state index contributed by atoms with van der Waals surface area (Å²) >= 11 is 0. The SMILES string of the molecule is CC(C)/C(C=NCC1CCN(CC2C=CC=CC2)CC1)=C/N. The summed E-state index contributed by atoms with van der Waals surface area (Å²) in [6.07, 6.45) is 16.4. The fourth-order valence-electron chi connectivity index (χ4n) is 3.14. The second-order valence-corrected chi connectivity index (χ2v) is 6.87. The molecule has 0 spiro atoms. The van der Waals surface area contributed by atoms with Crippen molar-refractivity contribution in [3.63, 3.8) is 0 Å². The first-order chi connectivity index (χ1) is 10.7. The van der Waals surface area contributed by atoms with Crippen LogP contribution in [0.4, 0.5) is 0 Å². The first kappa shape index (κ1) is 17.0. The highest BCUT2D eigenvalue weighted by atomic mass is 15.1. The molecule has 2 N–H and O–H groups in total. The number of piperidine rings is 1. The van der Waals surface area contributed by atoms with Crippen LogP contribution in [0.3, 0.4) is 0 Å². The average Bonchev–Trinajstić information content (AvgIpc) is 2.54. The molecule has 2 rings (SSSR count). The predicted molar refractivity (Wildman–Crippen MR) is 96.0 cm³/mol. The second kappa shape index (κ2) is 8.94. The first-order valence-corrected chi connectivity index (χ1v) is 8.66. The van der Waals surface area contributed by atoms with Gasteiger partial charge in [0, 0.05) is 19.3 Å². The molecule has 1 aliphatic heterocycles. The quantitative estimate of drug-likeness (QED) is 0.764. The number of nitrogens with two attached hydrogens (primary N) is 1. The summed E-state index contributed by atoms with van der Waals surface area (Å²) in [7, 11) is 0. The van der Waals surface area contributed by atoms with Crippen molar-refractivity contribution in [3.05, 3.63) is 36.1 Å². The summed E-state index contributed by atoms with van der Waals surface area (Å²) in [5, 5.41) is 0. The molecule has 3 nitrogen and oxygen atoms in total. The minimum atomic E-state index is 0.452. The number of allylic oxidation sites excluding steroid dienone is 4. The Balaban J connectivity index is 1.67. The van der Waals surface area contributed by atoms with Gasteiger partial charge >= 0.3 is 0 Å². The first-order valence-electron chi connectivity index (χ1n) is 8.66. The zero-order valence-electron chi connectivity index (χ0n) is 14.1. The fraction of sp³-hybridized carbons (Fsp3) is 0.632. The van der Waals surface area contributed by atoms with Gasteiger partial charge in [-0.25, -0.2) is 0 Å². The number of rotatable bonds is 6. The van der Waals surface area contributed by atoms with Crippen molar-refractivity contribution in [1.29, 1.82) is 0 Å². The average molecular weight is 301 g/mol. The van der Waals surface area contributed by atoms with Crippen LogP contribution in [-0.2, 0) is 0 Å². The molecule has 1 unspecified atom stereocenters. The molecule has 1 heterocycles. The Bertz CT molecular complexity index is 438. The van der Waals surface area contributed by atoms with E-state index in [0.717, 1.165) is 18.0 Å². The third-order valence-corrected chi connectivity index (χ3v) is 4.73. The number of likely N-dealkylation sites (tertiary alicyclic amines) is 1. The normalized spacial score (nSPS) is 24.7. The summed E-state index contributed by atoms with van der Waals surface area (Å²) < 4.78 is 0. The van der Waals surface area contributed by atoms with Gasteiger partial charge in [0.05, 0.1) is 0 Å². The highest BCUT2D eigenvalue weighted by Gasteiger charge is 2.20. The lowest BCUT2D eigenvalue weighted by Gasteiger charge is -2.33. The van der Waals surface area contributed by atoms with E-state index < -0.39 is 0 Å². The van der Waals surface area contributed by atoms with Gasteiger partial charge in [0.2, 0.25) is 0 Å². The van der Waals surface area contributed by atoms with Crippen molar-refractivity contribution in [3.8, 4) is 0 Å². The van der Waals surface area contributed by atoms with E-state index in [2.05, 4.69) is 48.0 Å². The smallest absolute Gasteiger partial charge is 0.0418 e. The van der Waals surface area contributed by atoms with E-state index >= 15 is 0 Å². The van der Waals surface area contributed by atoms with Crippen LogP contribution < -0.4 is 5.73 Å². The molecule has 0 aromatic rings. The monoisotopic (exact) mass is 301 g/mol. The second-order valence-electron chi connectivity index (χ2n) is 6.87. The van der Waals surface area contributed by atoms with E-state index in [4.69, 9.17) is 5.73 Å². The van der Waals surface area contributed by atoms with Gasteiger partial charge in [-0.3, -0.25) is 4.99 Å². The van der Waals surface area contributed by atoms with Crippen molar-refractivity contribution < 1.29 is 0 Å². The number of hydrogen-bond acceptors (Lipinski definition) is 3. The Morgan fingerprint density at radius 2 is 2.09 bits per heavy atom. The maximum atomic E-state index is 5.63. The van der Waals surface area contributed by atoms with Gasteiger partial charge < -0.3 is 10.6 Å². The molecule has 0 radical (unpaired) electrons. The van der Waals surface area contributed by atoms with Crippen LogP contribution in [0.2, 0.25) is 0 Å². The lowest BCUT2D eigenvalue weighted by atomic mass is 9.94. The molecule has 22 heavy (non-hydrogen) atoms. The van der Waals surface area contributed by atoms with E-state index in [9.17, 15) is 0 Å². The largest absolute Gasteiger partial charge is 0.404 e. The van der Waals surface area contributed by atoms with Gasteiger partial charge in [-0.05, 0) is 61.9 Å². The van der Waals surface area contributed by atoms with E-state index in [1.54, 1.807) is 6.20 Å². The van der Waals surface area contributed by atoms with Crippen molar-refractivity contribution in [2.45, 2.75) is 33.1 Å². The summed E-state index contributed by atoms with van der Waals surface area (Å²) in [5.74, 6) is 1.90. The molecule has 0 amide bonds. The molecule has 0 aromatic heterocycles. The summed E-state index contributed by atoms with van der Waals surface area (Å²) in [6.45, 7) is 8.90. The van der Waals surface area contributed by atoms with Crippen molar-refractivity contribution >= 4 is 6.21 Å². The molecule has 0 saturated carbocycles. The van der Waals surface area contributed by atoms with Gasteiger partial charge in [-0.15, -0.1) is 0 Å². The molecule has 0 aromatic carbocycles. The Morgan fingerprint density at radius 1 is 1.32 bits per heavy atom. The third-order valence-electron chi connectivity index (χ3n) is 4.73. The minimum Gasteiger partial charge on any atom is -0.404 e. The van der Waals surface area contributed by atoms with Crippen molar-refractivity contribution in [2.75, 3.05) is 26.2 Å². The zero-order chi connectivity index (χ0) is 15.8. The van der Waals surface area contributed by atoms with Gasteiger partial charge in [0.15, 0.2) is 0 Å². The lowest BCUT2D eigenvalue weighted by molar-refractivity contribution is 0.173. The Morgan fingerprint density at radius 3 is 2.68 bits per heavy atom. The number of hydrogen-bond donors (Lipinski definition) is 1. The van der Waals surface area contributed by atoms with Crippen molar-refractivity contribution in [2.24, 2.45) is 28.5 Å². The topological polar surface area (TPSA) is 41.6 Å². The third kappa shape index (κ3) is 5.45. The highest BCUT2D eigenvalue weighted by Crippen LogP contribution is 2.21. The Kier molecular flexibility index (Phi) is 6.91. The van der Waals surface area contributed by atoms with E-state index in [1.807, 2.05) is 6.21 Å². The molecule has 122 valence electrons. The van der Waals surface area contributed by atoms with E-state index in [0.29, 0.717) is 11.8 Å². The molecular formula is C19H31N3. The molecule has 0 bridgehead atoms. The van der Waals surface area contributed by atoms with Gasteiger partial charge in [0.25, 0.3) is 0 Å². The number of aliphatic imine (C=N–C) groups is 1. The predicted octanol–water partition coefficient (Wildman–Crippen LogP) is 3.40. The van der Waals surface area contributed by atoms with E-state index in [1.165, 1.54) is 38.9 Å². The lowest BCUT2D eigenvalue weighted by Crippen LogP contribution is -2.37. The maximum Gasteiger partial charge on any atom is 0.0418 e. The Labute approximate surface area is 135 Å². The van der Waals surface area contributed by atoms with Gasteiger partial charge in [0.1, 0.15) is 0 Å². The van der Waals surface area contributed by atoms with Crippen LogP contribution in [0.5, 0.6) is 0 Å². The van der Waals surface area contributed by atoms with Crippen LogP contribution in [0, 0.1) is 17.8 Å². The summed E-state index contributed by atoms with van der Waals surface area (Å²) in [4.78, 5) is 7.23. The highest BCUT2D eigenvalue weighted by molar-refractivity contribution is 5.78. The van der Waals surface area contributed by atoms with Crippen LogP contribution in [-0.4, -0.2) is 37.3 Å². The van der Waals surface area contributed by atoms with Crippen LogP contribution in [0.1, 0.15) is 33.1 Å². The minimum absolute atomic E-state index is 0.452. The molecule has 1 fully saturated rings. The maximum absolute atomic E-state index is 5.63. The number of nitrogens with zero attached hydrogens (tertiary/aromatic N) is 2. The molecule has 3 heteroatoms. The fourth-order valence-corrected chi connectivity index (χ4v) is 3.14. The van der Waals surface area contributed by atoms with Crippen LogP contribution >= 0.6 is 0 Å². The van der Waals surface area contributed by atoms with Crippen LogP contribution in [0.25, 0.3) is 0 Å². The van der Waals surface area contributed by atoms with E-state index in [-0.39, 0.29) is 0 Å². The van der Waals surface area contributed by atoms with Crippen molar-refractivity contribution in [1.82, 2.24) is 4.90 Å². The molecule has 1 saturated heterocycles. The molecule has 1 atom stereocenters. The molecule has 2 aliphatic rings. The summed E-state index contributed by atoms with van der Waals surface area (Å²) in [6, 6.07) is 0. The standard InChI is InChI=1S/C19H31N3/c1-16(2)19(12-20)14-21-13-17-8-10-22(11-9-17)15-18-6-4-3-5-7-18/h3-6,12,14,16-18H,7-11,13,15,20H2,1-2H3/b19-12+,21-14?.